The number of hydrogen-bond acceptors (Lipinski definition) is 6. The Kier molecular flexibility index (Phi) is 7.64. The number of benzene rings is 1. The Morgan fingerprint density at radius 3 is 2.39 bits per heavy atom. The van der Waals surface area contributed by atoms with E-state index in [1.54, 1.807) is 6.07 Å². The van der Waals surface area contributed by atoms with Crippen LogP contribution in [0.5, 0.6) is 0 Å². The summed E-state index contributed by atoms with van der Waals surface area (Å²) in [7, 11) is -3.56. The molecule has 0 aromatic heterocycles. The minimum Gasteiger partial charge on any atom is -0.478 e. The molecule has 156 valence electrons. The van der Waals surface area contributed by atoms with Gasteiger partial charge in [-0.1, -0.05) is 6.92 Å². The Morgan fingerprint density at radius 2 is 1.82 bits per heavy atom. The molecule has 0 atom stereocenters. The summed E-state index contributed by atoms with van der Waals surface area (Å²) in [6.45, 7) is 7.19. The molecule has 0 spiro atoms. The number of carbonyl (C=O) groups excluding carboxylic acids is 1. The van der Waals surface area contributed by atoms with Crippen LogP contribution >= 0.6 is 0 Å². The number of carboxylic acids is 1. The van der Waals surface area contributed by atoms with Crippen molar-refractivity contribution in [1.29, 1.82) is 0 Å². The topological polar surface area (TPSA) is 119 Å². The quantitative estimate of drug-likeness (QED) is 0.549. The first-order valence-corrected chi connectivity index (χ1v) is 11.0. The lowest BCUT2D eigenvalue weighted by molar-refractivity contribution is -0.122. The number of anilines is 2. The third kappa shape index (κ3) is 6.10. The molecule has 0 saturated carbocycles. The Hall–Kier alpha value is -2.33. The van der Waals surface area contributed by atoms with Crippen LogP contribution in [0.4, 0.5) is 11.4 Å². The minimum atomic E-state index is -3.56. The highest BCUT2D eigenvalue weighted by Crippen LogP contribution is 2.25. The van der Waals surface area contributed by atoms with Crippen molar-refractivity contribution in [3.8, 4) is 0 Å². The number of nitrogens with one attached hydrogen (secondary N) is 2. The first-order valence-electron chi connectivity index (χ1n) is 9.37. The van der Waals surface area contributed by atoms with E-state index in [9.17, 15) is 23.1 Å². The van der Waals surface area contributed by atoms with Gasteiger partial charge in [-0.25, -0.2) is 13.2 Å². The smallest absolute Gasteiger partial charge is 0.337 e. The lowest BCUT2D eigenvalue weighted by Crippen LogP contribution is -2.49. The van der Waals surface area contributed by atoms with E-state index >= 15 is 0 Å². The summed E-state index contributed by atoms with van der Waals surface area (Å²) in [6, 6.07) is 4.68. The van der Waals surface area contributed by atoms with Crippen molar-refractivity contribution >= 4 is 33.3 Å². The standard InChI is InChI=1S/C18H28N4O5S/c1-3-7-19-17(23)13-21-8-10-22(11-9-21)14-5-6-16(15(12-14)18(24)25)20-28(26,27)4-2/h5-6,12,20H,3-4,7-11,13H2,1-2H3,(H,19,23)(H,24,25). The summed E-state index contributed by atoms with van der Waals surface area (Å²) in [5, 5.41) is 12.3. The van der Waals surface area contributed by atoms with Gasteiger partial charge in [0.05, 0.1) is 23.5 Å². The highest BCUT2D eigenvalue weighted by Gasteiger charge is 2.22. The van der Waals surface area contributed by atoms with Gasteiger partial charge in [-0.05, 0) is 31.5 Å². The molecule has 1 amide bonds. The largest absolute Gasteiger partial charge is 0.478 e. The molecule has 1 aliphatic heterocycles. The number of aromatic carboxylic acids is 1. The lowest BCUT2D eigenvalue weighted by atomic mass is 10.1. The van der Waals surface area contributed by atoms with Gasteiger partial charge in [0.25, 0.3) is 0 Å². The van der Waals surface area contributed by atoms with Gasteiger partial charge in [0, 0.05) is 38.4 Å². The fourth-order valence-electron chi connectivity index (χ4n) is 2.92. The van der Waals surface area contributed by atoms with E-state index in [4.69, 9.17) is 0 Å². The van der Waals surface area contributed by atoms with Crippen molar-refractivity contribution in [3.05, 3.63) is 23.8 Å². The van der Waals surface area contributed by atoms with E-state index in [0.29, 0.717) is 45.0 Å². The summed E-state index contributed by atoms with van der Waals surface area (Å²) >= 11 is 0. The molecule has 1 aliphatic rings. The summed E-state index contributed by atoms with van der Waals surface area (Å²) in [5.41, 5.74) is 0.687. The van der Waals surface area contributed by atoms with Gasteiger partial charge in [0.15, 0.2) is 0 Å². The van der Waals surface area contributed by atoms with Gasteiger partial charge < -0.3 is 15.3 Å². The molecule has 1 aromatic carbocycles. The maximum atomic E-state index is 11.8. The normalized spacial score (nSPS) is 15.3. The summed E-state index contributed by atoms with van der Waals surface area (Å²) in [5.74, 6) is -1.32. The number of carbonyl (C=O) groups is 2. The number of piperazine rings is 1. The van der Waals surface area contributed by atoms with Gasteiger partial charge in [-0.15, -0.1) is 0 Å². The third-order valence-corrected chi connectivity index (χ3v) is 5.85. The van der Waals surface area contributed by atoms with Crippen LogP contribution in [0.15, 0.2) is 18.2 Å². The fraction of sp³-hybridized carbons (Fsp3) is 0.556. The monoisotopic (exact) mass is 412 g/mol. The van der Waals surface area contributed by atoms with E-state index in [-0.39, 0.29) is 22.9 Å². The average molecular weight is 413 g/mol. The van der Waals surface area contributed by atoms with Crippen molar-refractivity contribution in [2.45, 2.75) is 20.3 Å². The third-order valence-electron chi connectivity index (χ3n) is 4.56. The molecule has 2 rings (SSSR count). The second kappa shape index (κ2) is 9.74. The van der Waals surface area contributed by atoms with Gasteiger partial charge in [-0.2, -0.15) is 0 Å². The van der Waals surface area contributed by atoms with E-state index in [1.807, 2.05) is 11.8 Å². The summed E-state index contributed by atoms with van der Waals surface area (Å²) in [4.78, 5) is 27.5. The van der Waals surface area contributed by atoms with E-state index in [0.717, 1.165) is 6.42 Å². The molecule has 9 nitrogen and oxygen atoms in total. The molecular weight excluding hydrogens is 384 g/mol. The highest BCUT2D eigenvalue weighted by molar-refractivity contribution is 7.92. The van der Waals surface area contributed by atoms with Gasteiger partial charge in [0.1, 0.15) is 0 Å². The molecule has 1 saturated heterocycles. The predicted molar refractivity (Wildman–Crippen MR) is 108 cm³/mol. The van der Waals surface area contributed by atoms with Crippen molar-refractivity contribution in [3.63, 3.8) is 0 Å². The van der Waals surface area contributed by atoms with E-state index in [2.05, 4.69) is 14.9 Å². The number of rotatable bonds is 9. The zero-order valence-corrected chi connectivity index (χ0v) is 17.1. The molecule has 28 heavy (non-hydrogen) atoms. The molecule has 1 heterocycles. The van der Waals surface area contributed by atoms with Crippen LogP contribution in [0.3, 0.4) is 0 Å². The summed E-state index contributed by atoms with van der Waals surface area (Å²) < 4.78 is 25.8. The van der Waals surface area contributed by atoms with Crippen LogP contribution in [0.2, 0.25) is 0 Å². The SMILES string of the molecule is CCCNC(=O)CN1CCN(c2ccc(NS(=O)(=O)CC)c(C(=O)O)c2)CC1. The maximum absolute atomic E-state index is 11.8. The Bertz CT molecular complexity index is 804. The molecule has 3 N–H and O–H groups in total. The number of amides is 1. The van der Waals surface area contributed by atoms with E-state index in [1.165, 1.54) is 19.1 Å². The molecular formula is C18H28N4O5S. The summed E-state index contributed by atoms with van der Waals surface area (Å²) in [6.07, 6.45) is 0.899. The van der Waals surface area contributed by atoms with Crippen LogP contribution in [0, 0.1) is 0 Å². The van der Waals surface area contributed by atoms with Crippen molar-refractivity contribution < 1.29 is 23.1 Å². The Morgan fingerprint density at radius 1 is 1.14 bits per heavy atom. The molecule has 10 heteroatoms. The first-order chi connectivity index (χ1) is 13.3. The Balaban J connectivity index is 2.04. The lowest BCUT2D eigenvalue weighted by Gasteiger charge is -2.36. The number of nitrogens with zero attached hydrogens (tertiary/aromatic N) is 2. The zero-order chi connectivity index (χ0) is 20.7. The second-order valence-electron chi connectivity index (χ2n) is 6.65. The molecule has 0 aliphatic carbocycles. The maximum Gasteiger partial charge on any atom is 0.337 e. The number of sulfonamides is 1. The van der Waals surface area contributed by atoms with Gasteiger partial charge >= 0.3 is 5.97 Å². The van der Waals surface area contributed by atoms with Gasteiger partial charge in [-0.3, -0.25) is 14.4 Å². The fourth-order valence-corrected chi connectivity index (χ4v) is 3.58. The zero-order valence-electron chi connectivity index (χ0n) is 16.3. The second-order valence-corrected chi connectivity index (χ2v) is 8.66. The molecule has 0 radical (unpaired) electrons. The molecule has 1 fully saturated rings. The van der Waals surface area contributed by atoms with Gasteiger partial charge in [0.2, 0.25) is 15.9 Å². The van der Waals surface area contributed by atoms with Crippen molar-refractivity contribution in [2.75, 3.05) is 54.6 Å². The number of carboxylic acid groups (broad SMARTS) is 1. The Labute approximate surface area is 165 Å². The van der Waals surface area contributed by atoms with Crippen molar-refractivity contribution in [1.82, 2.24) is 10.2 Å². The van der Waals surface area contributed by atoms with Crippen LogP contribution in [0.25, 0.3) is 0 Å². The molecule has 1 aromatic rings. The first kappa shape index (κ1) is 22.0. The van der Waals surface area contributed by atoms with Crippen LogP contribution < -0.4 is 14.9 Å². The predicted octanol–water partition coefficient (Wildman–Crippen LogP) is 0.795. The van der Waals surface area contributed by atoms with Crippen LogP contribution in [0.1, 0.15) is 30.6 Å². The van der Waals surface area contributed by atoms with Crippen LogP contribution in [-0.4, -0.2) is 75.3 Å². The van der Waals surface area contributed by atoms with Crippen molar-refractivity contribution in [2.24, 2.45) is 0 Å². The average Bonchev–Trinajstić information content (AvgIpc) is 2.67. The minimum absolute atomic E-state index is 0.0102. The molecule has 0 bridgehead atoms. The van der Waals surface area contributed by atoms with E-state index < -0.39 is 16.0 Å². The highest BCUT2D eigenvalue weighted by atomic mass is 32.2. The number of hydrogen-bond donors (Lipinski definition) is 3. The van der Waals surface area contributed by atoms with Crippen LogP contribution in [-0.2, 0) is 14.8 Å². The molecule has 0 unspecified atom stereocenters.